The molecular formula is C14H19NO3. The minimum absolute atomic E-state index is 0.0579. The average molecular weight is 249 g/mol. The van der Waals surface area contributed by atoms with Gasteiger partial charge in [-0.1, -0.05) is 39.0 Å². The Balaban J connectivity index is 2.82. The van der Waals surface area contributed by atoms with Crippen molar-refractivity contribution < 1.29 is 14.7 Å². The number of anilines is 1. The normalized spacial score (nSPS) is 11.1. The Morgan fingerprint density at radius 2 is 1.83 bits per heavy atom. The molecule has 4 heteroatoms. The minimum Gasteiger partial charge on any atom is -0.481 e. The number of para-hydroxylation sites is 1. The number of carboxylic acids is 1. The predicted octanol–water partition coefficient (Wildman–Crippen LogP) is 2.69. The Hall–Kier alpha value is -1.84. The van der Waals surface area contributed by atoms with E-state index in [0.717, 1.165) is 5.56 Å². The fourth-order valence-corrected chi connectivity index (χ4v) is 1.41. The van der Waals surface area contributed by atoms with E-state index in [4.69, 9.17) is 5.11 Å². The van der Waals surface area contributed by atoms with Gasteiger partial charge in [-0.25, -0.2) is 0 Å². The highest BCUT2D eigenvalue weighted by Crippen LogP contribution is 2.21. The van der Waals surface area contributed by atoms with Gasteiger partial charge in [0, 0.05) is 17.5 Å². The summed E-state index contributed by atoms with van der Waals surface area (Å²) < 4.78 is 0. The molecule has 0 aliphatic heterocycles. The summed E-state index contributed by atoms with van der Waals surface area (Å²) in [7, 11) is 0. The lowest BCUT2D eigenvalue weighted by Gasteiger charge is -2.19. The van der Waals surface area contributed by atoms with Gasteiger partial charge in [0.05, 0.1) is 0 Å². The van der Waals surface area contributed by atoms with Gasteiger partial charge in [-0.05, 0) is 18.1 Å². The first-order chi connectivity index (χ1) is 8.30. The van der Waals surface area contributed by atoms with Crippen LogP contribution in [0.1, 0.15) is 32.8 Å². The molecule has 0 atom stereocenters. The van der Waals surface area contributed by atoms with E-state index in [0.29, 0.717) is 12.1 Å². The molecule has 0 aliphatic carbocycles. The van der Waals surface area contributed by atoms with Crippen LogP contribution in [0, 0.1) is 5.41 Å². The molecule has 1 rings (SSSR count). The molecule has 0 spiro atoms. The number of aryl methyl sites for hydroxylation is 1. The van der Waals surface area contributed by atoms with E-state index in [-0.39, 0.29) is 12.3 Å². The Labute approximate surface area is 107 Å². The first-order valence-corrected chi connectivity index (χ1v) is 5.92. The van der Waals surface area contributed by atoms with Crippen molar-refractivity contribution in [3.8, 4) is 0 Å². The van der Waals surface area contributed by atoms with Crippen molar-refractivity contribution in [3.63, 3.8) is 0 Å². The molecule has 0 bridgehead atoms. The molecular weight excluding hydrogens is 230 g/mol. The first kappa shape index (κ1) is 14.2. The van der Waals surface area contributed by atoms with E-state index in [2.05, 4.69) is 5.32 Å². The maximum absolute atomic E-state index is 11.9. The van der Waals surface area contributed by atoms with Gasteiger partial charge < -0.3 is 10.4 Å². The number of amides is 1. The fourth-order valence-electron chi connectivity index (χ4n) is 1.41. The van der Waals surface area contributed by atoms with Crippen LogP contribution in [0.25, 0.3) is 0 Å². The lowest BCUT2D eigenvalue weighted by molar-refractivity contribution is -0.137. The molecule has 4 nitrogen and oxygen atoms in total. The summed E-state index contributed by atoms with van der Waals surface area (Å²) in [4.78, 5) is 22.5. The molecule has 18 heavy (non-hydrogen) atoms. The van der Waals surface area contributed by atoms with Crippen molar-refractivity contribution in [2.45, 2.75) is 33.6 Å². The molecule has 0 saturated carbocycles. The van der Waals surface area contributed by atoms with Crippen LogP contribution in [-0.2, 0) is 16.0 Å². The minimum atomic E-state index is -0.841. The van der Waals surface area contributed by atoms with Crippen molar-refractivity contribution in [1.82, 2.24) is 0 Å². The molecule has 2 N–H and O–H groups in total. The summed E-state index contributed by atoms with van der Waals surface area (Å²) in [5.41, 5.74) is 1.07. The van der Waals surface area contributed by atoms with E-state index in [9.17, 15) is 9.59 Å². The molecule has 0 heterocycles. The number of nitrogens with one attached hydrogen (secondary N) is 1. The standard InChI is InChI=1S/C14H19NO3/c1-14(2,3)13(18)15-11-7-5-4-6-10(11)8-9-12(16)17/h4-7H,8-9H2,1-3H3,(H,15,18)(H,16,17). The van der Waals surface area contributed by atoms with Crippen molar-refractivity contribution in [3.05, 3.63) is 29.8 Å². The zero-order chi connectivity index (χ0) is 13.8. The SMILES string of the molecule is CC(C)(C)C(=O)Nc1ccccc1CCC(=O)O. The van der Waals surface area contributed by atoms with Crippen molar-refractivity contribution in [2.75, 3.05) is 5.32 Å². The zero-order valence-electron chi connectivity index (χ0n) is 11.0. The van der Waals surface area contributed by atoms with E-state index in [1.165, 1.54) is 0 Å². The predicted molar refractivity (Wildman–Crippen MR) is 70.5 cm³/mol. The highest BCUT2D eigenvalue weighted by atomic mass is 16.4. The Morgan fingerprint density at radius 3 is 2.39 bits per heavy atom. The molecule has 0 unspecified atom stereocenters. The second-order valence-electron chi connectivity index (χ2n) is 5.26. The smallest absolute Gasteiger partial charge is 0.303 e. The number of aliphatic carboxylic acids is 1. The van der Waals surface area contributed by atoms with Crippen LogP contribution in [0.5, 0.6) is 0 Å². The Bertz CT molecular complexity index is 447. The van der Waals surface area contributed by atoms with E-state index < -0.39 is 11.4 Å². The first-order valence-electron chi connectivity index (χ1n) is 5.92. The molecule has 1 amide bonds. The number of hydrogen-bond acceptors (Lipinski definition) is 2. The van der Waals surface area contributed by atoms with Crippen molar-refractivity contribution in [1.29, 1.82) is 0 Å². The number of carbonyl (C=O) groups excluding carboxylic acids is 1. The number of carboxylic acid groups (broad SMARTS) is 1. The molecule has 1 aromatic carbocycles. The van der Waals surface area contributed by atoms with Gasteiger partial charge in [0.15, 0.2) is 0 Å². The summed E-state index contributed by atoms with van der Waals surface area (Å²) in [6.07, 6.45) is 0.471. The van der Waals surface area contributed by atoms with E-state index >= 15 is 0 Å². The maximum atomic E-state index is 11.9. The number of carbonyl (C=O) groups is 2. The van der Waals surface area contributed by atoms with Crippen LogP contribution in [0.4, 0.5) is 5.69 Å². The van der Waals surface area contributed by atoms with E-state index in [1.54, 1.807) is 6.07 Å². The highest BCUT2D eigenvalue weighted by molar-refractivity contribution is 5.95. The number of hydrogen-bond donors (Lipinski definition) is 2. The van der Waals surface area contributed by atoms with Crippen LogP contribution in [0.2, 0.25) is 0 Å². The van der Waals surface area contributed by atoms with Gasteiger partial charge in [-0.3, -0.25) is 9.59 Å². The molecule has 98 valence electrons. The maximum Gasteiger partial charge on any atom is 0.303 e. The zero-order valence-corrected chi connectivity index (χ0v) is 11.0. The fraction of sp³-hybridized carbons (Fsp3) is 0.429. The third-order valence-electron chi connectivity index (χ3n) is 2.55. The van der Waals surface area contributed by atoms with Gasteiger partial charge in [0.25, 0.3) is 0 Å². The number of rotatable bonds is 4. The quantitative estimate of drug-likeness (QED) is 0.862. The number of benzene rings is 1. The summed E-state index contributed by atoms with van der Waals surface area (Å²) in [5.74, 6) is -0.919. The summed E-state index contributed by atoms with van der Waals surface area (Å²) in [6, 6.07) is 7.29. The molecule has 0 fully saturated rings. The molecule has 1 aromatic rings. The van der Waals surface area contributed by atoms with E-state index in [1.807, 2.05) is 39.0 Å². The summed E-state index contributed by atoms with van der Waals surface area (Å²) in [6.45, 7) is 5.51. The lowest BCUT2D eigenvalue weighted by atomic mass is 9.95. The van der Waals surface area contributed by atoms with Gasteiger partial charge in [-0.15, -0.1) is 0 Å². The summed E-state index contributed by atoms with van der Waals surface area (Å²) >= 11 is 0. The van der Waals surface area contributed by atoms with Crippen LogP contribution < -0.4 is 5.32 Å². The van der Waals surface area contributed by atoms with Crippen LogP contribution in [-0.4, -0.2) is 17.0 Å². The monoisotopic (exact) mass is 249 g/mol. The molecule has 0 radical (unpaired) electrons. The Kier molecular flexibility index (Phi) is 4.48. The largest absolute Gasteiger partial charge is 0.481 e. The van der Waals surface area contributed by atoms with Gasteiger partial charge >= 0.3 is 5.97 Å². The second kappa shape index (κ2) is 5.67. The topological polar surface area (TPSA) is 66.4 Å². The average Bonchev–Trinajstić information content (AvgIpc) is 2.26. The van der Waals surface area contributed by atoms with Gasteiger partial charge in [0.1, 0.15) is 0 Å². The van der Waals surface area contributed by atoms with Crippen LogP contribution in [0.3, 0.4) is 0 Å². The third-order valence-corrected chi connectivity index (χ3v) is 2.55. The highest BCUT2D eigenvalue weighted by Gasteiger charge is 2.21. The second-order valence-corrected chi connectivity index (χ2v) is 5.26. The molecule has 0 saturated heterocycles. The third kappa shape index (κ3) is 4.20. The summed E-state index contributed by atoms with van der Waals surface area (Å²) in [5, 5.41) is 11.5. The van der Waals surface area contributed by atoms with Crippen LogP contribution >= 0.6 is 0 Å². The van der Waals surface area contributed by atoms with Gasteiger partial charge in [-0.2, -0.15) is 0 Å². The van der Waals surface area contributed by atoms with Crippen molar-refractivity contribution in [2.24, 2.45) is 5.41 Å². The lowest BCUT2D eigenvalue weighted by Crippen LogP contribution is -2.28. The van der Waals surface area contributed by atoms with Gasteiger partial charge in [0.2, 0.25) is 5.91 Å². The molecule has 0 aliphatic rings. The Morgan fingerprint density at radius 1 is 1.22 bits per heavy atom. The molecule has 0 aromatic heterocycles. The van der Waals surface area contributed by atoms with Crippen LogP contribution in [0.15, 0.2) is 24.3 Å². The van der Waals surface area contributed by atoms with Crippen molar-refractivity contribution >= 4 is 17.6 Å².